The molecular weight excluding hydrogens is 235 g/mol. The Morgan fingerprint density at radius 1 is 1.22 bits per heavy atom. The van der Waals surface area contributed by atoms with Gasteiger partial charge in [0.25, 0.3) is 0 Å². The number of halogens is 1. The molecule has 0 spiro atoms. The van der Waals surface area contributed by atoms with Crippen molar-refractivity contribution < 1.29 is 13.9 Å². The van der Waals surface area contributed by atoms with Gasteiger partial charge in [0.05, 0.1) is 12.8 Å². The maximum absolute atomic E-state index is 12.8. The molecule has 0 aliphatic heterocycles. The van der Waals surface area contributed by atoms with Crippen LogP contribution in [0, 0.1) is 12.7 Å². The maximum Gasteiger partial charge on any atom is 0.358 e. The molecule has 2 rings (SSSR count). The number of nitrogens with zero attached hydrogens (tertiary/aromatic N) is 2. The van der Waals surface area contributed by atoms with Crippen molar-refractivity contribution in [1.29, 1.82) is 0 Å². The number of aryl methyl sites for hydroxylation is 1. The lowest BCUT2D eigenvalue weighted by molar-refractivity contribution is 0.0592. The number of carbonyl (C=O) groups excluding carboxylic acids is 1. The van der Waals surface area contributed by atoms with Crippen LogP contribution in [0.5, 0.6) is 0 Å². The van der Waals surface area contributed by atoms with Crippen LogP contribution in [0.1, 0.15) is 16.1 Å². The van der Waals surface area contributed by atoms with Gasteiger partial charge in [-0.2, -0.15) is 0 Å². The summed E-state index contributed by atoms with van der Waals surface area (Å²) in [4.78, 5) is 11.4. The van der Waals surface area contributed by atoms with E-state index in [1.165, 1.54) is 19.2 Å². The molecule has 2 aromatic rings. The number of esters is 1. The zero-order valence-electron chi connectivity index (χ0n) is 9.98. The van der Waals surface area contributed by atoms with Gasteiger partial charge in [-0.15, -0.1) is 10.2 Å². The average Bonchev–Trinajstić information content (AvgIpc) is 2.38. The monoisotopic (exact) mass is 246 g/mol. The fourth-order valence-electron chi connectivity index (χ4n) is 1.55. The van der Waals surface area contributed by atoms with Gasteiger partial charge in [-0.1, -0.05) is 0 Å². The summed E-state index contributed by atoms with van der Waals surface area (Å²) < 4.78 is 17.4. The number of ether oxygens (including phenoxy) is 1. The lowest BCUT2D eigenvalue weighted by Gasteiger charge is -2.04. The van der Waals surface area contributed by atoms with E-state index in [9.17, 15) is 9.18 Å². The molecule has 0 unspecified atom stereocenters. The largest absolute Gasteiger partial charge is 0.464 e. The lowest BCUT2D eigenvalue weighted by Crippen LogP contribution is -2.08. The summed E-state index contributed by atoms with van der Waals surface area (Å²) in [7, 11) is 1.29. The summed E-state index contributed by atoms with van der Waals surface area (Å²) in [6, 6.07) is 7.63. The second-order valence-electron chi connectivity index (χ2n) is 3.76. The molecule has 0 saturated carbocycles. The first kappa shape index (κ1) is 12.2. The van der Waals surface area contributed by atoms with Crippen LogP contribution in [0.3, 0.4) is 0 Å². The summed E-state index contributed by atoms with van der Waals surface area (Å²) in [5.74, 6) is -0.833. The molecule has 1 aromatic carbocycles. The number of rotatable bonds is 2. The summed E-state index contributed by atoms with van der Waals surface area (Å²) in [6.07, 6.45) is 0. The minimum absolute atomic E-state index is 0.184. The van der Waals surface area contributed by atoms with Crippen molar-refractivity contribution >= 4 is 5.97 Å². The van der Waals surface area contributed by atoms with E-state index in [0.29, 0.717) is 11.3 Å². The Bertz CT molecular complexity index is 582. The summed E-state index contributed by atoms with van der Waals surface area (Å²) in [5.41, 5.74) is 2.17. The van der Waals surface area contributed by atoms with Gasteiger partial charge in [0.1, 0.15) is 5.82 Å². The van der Waals surface area contributed by atoms with E-state index < -0.39 is 5.97 Å². The fraction of sp³-hybridized carbons (Fsp3) is 0.154. The second kappa shape index (κ2) is 4.91. The lowest BCUT2D eigenvalue weighted by atomic mass is 10.1. The van der Waals surface area contributed by atoms with Crippen LogP contribution in [-0.4, -0.2) is 23.3 Å². The first-order valence-electron chi connectivity index (χ1n) is 5.30. The van der Waals surface area contributed by atoms with E-state index in [1.807, 2.05) is 0 Å². The van der Waals surface area contributed by atoms with Crippen LogP contribution < -0.4 is 0 Å². The number of aromatic nitrogens is 2. The van der Waals surface area contributed by atoms with Crippen LogP contribution in [0.2, 0.25) is 0 Å². The highest BCUT2D eigenvalue weighted by Gasteiger charge is 2.13. The van der Waals surface area contributed by atoms with Crippen molar-refractivity contribution in [2.75, 3.05) is 7.11 Å². The Hall–Kier alpha value is -2.30. The van der Waals surface area contributed by atoms with Crippen LogP contribution in [0.15, 0.2) is 30.3 Å². The molecule has 4 nitrogen and oxygen atoms in total. The molecule has 1 aromatic heterocycles. The highest BCUT2D eigenvalue weighted by molar-refractivity contribution is 5.88. The summed E-state index contributed by atoms with van der Waals surface area (Å²) in [5, 5.41) is 7.76. The number of hydrogen-bond donors (Lipinski definition) is 0. The molecule has 0 aliphatic carbocycles. The molecule has 5 heteroatoms. The van der Waals surface area contributed by atoms with Crippen molar-refractivity contribution in [3.63, 3.8) is 0 Å². The first-order chi connectivity index (χ1) is 8.61. The van der Waals surface area contributed by atoms with Gasteiger partial charge in [-0.25, -0.2) is 9.18 Å². The van der Waals surface area contributed by atoms with Crippen LogP contribution in [0.4, 0.5) is 4.39 Å². The standard InChI is InChI=1S/C13H11FN2O2/c1-8-7-11(9-3-5-10(14)6-4-9)15-16-12(8)13(17)18-2/h3-7H,1-2H3. The predicted octanol–water partition coefficient (Wildman–Crippen LogP) is 2.38. The third-order valence-corrected chi connectivity index (χ3v) is 2.50. The average molecular weight is 246 g/mol. The summed E-state index contributed by atoms with van der Waals surface area (Å²) in [6.45, 7) is 1.74. The van der Waals surface area contributed by atoms with Gasteiger partial charge in [0, 0.05) is 5.56 Å². The zero-order chi connectivity index (χ0) is 13.1. The number of carbonyl (C=O) groups is 1. The Morgan fingerprint density at radius 2 is 1.89 bits per heavy atom. The third kappa shape index (κ3) is 2.34. The molecular formula is C13H11FN2O2. The van der Waals surface area contributed by atoms with E-state index in [0.717, 1.165) is 5.56 Å². The zero-order valence-corrected chi connectivity index (χ0v) is 9.98. The van der Waals surface area contributed by atoms with E-state index in [4.69, 9.17) is 0 Å². The van der Waals surface area contributed by atoms with Gasteiger partial charge < -0.3 is 4.74 Å². The van der Waals surface area contributed by atoms with Crippen LogP contribution >= 0.6 is 0 Å². The minimum Gasteiger partial charge on any atom is -0.464 e. The molecule has 92 valence electrons. The van der Waals surface area contributed by atoms with Crippen molar-refractivity contribution in [2.45, 2.75) is 6.92 Å². The molecule has 0 amide bonds. The van der Waals surface area contributed by atoms with Gasteiger partial charge >= 0.3 is 5.97 Å². The Kier molecular flexibility index (Phi) is 3.32. The highest BCUT2D eigenvalue weighted by atomic mass is 19.1. The smallest absolute Gasteiger partial charge is 0.358 e. The number of benzene rings is 1. The van der Waals surface area contributed by atoms with Crippen molar-refractivity contribution in [3.8, 4) is 11.3 Å². The fourth-order valence-corrected chi connectivity index (χ4v) is 1.55. The number of hydrogen-bond acceptors (Lipinski definition) is 4. The van der Waals surface area contributed by atoms with E-state index in [1.54, 1.807) is 25.1 Å². The van der Waals surface area contributed by atoms with Crippen molar-refractivity contribution in [2.24, 2.45) is 0 Å². The predicted molar refractivity (Wildman–Crippen MR) is 63.5 cm³/mol. The minimum atomic E-state index is -0.523. The third-order valence-electron chi connectivity index (χ3n) is 2.50. The topological polar surface area (TPSA) is 52.1 Å². The maximum atomic E-state index is 12.8. The number of methoxy groups -OCH3 is 1. The Balaban J connectivity index is 2.40. The van der Waals surface area contributed by atoms with E-state index >= 15 is 0 Å². The van der Waals surface area contributed by atoms with E-state index in [2.05, 4.69) is 14.9 Å². The molecule has 0 saturated heterocycles. The molecule has 0 radical (unpaired) electrons. The molecule has 0 bridgehead atoms. The highest BCUT2D eigenvalue weighted by Crippen LogP contribution is 2.18. The molecule has 0 aliphatic rings. The van der Waals surface area contributed by atoms with Gasteiger partial charge in [-0.05, 0) is 42.8 Å². The quantitative estimate of drug-likeness (QED) is 0.763. The normalized spacial score (nSPS) is 10.2. The van der Waals surface area contributed by atoms with Crippen LogP contribution in [-0.2, 0) is 4.74 Å². The Morgan fingerprint density at radius 3 is 2.44 bits per heavy atom. The van der Waals surface area contributed by atoms with E-state index in [-0.39, 0.29) is 11.5 Å². The molecule has 0 atom stereocenters. The SMILES string of the molecule is COC(=O)c1nnc(-c2ccc(F)cc2)cc1C. The molecule has 0 N–H and O–H groups in total. The molecule has 18 heavy (non-hydrogen) atoms. The van der Waals surface area contributed by atoms with Gasteiger partial charge in [0.2, 0.25) is 0 Å². The van der Waals surface area contributed by atoms with Crippen molar-refractivity contribution in [3.05, 3.63) is 47.4 Å². The summed E-state index contributed by atoms with van der Waals surface area (Å²) >= 11 is 0. The second-order valence-corrected chi connectivity index (χ2v) is 3.76. The van der Waals surface area contributed by atoms with Crippen LogP contribution in [0.25, 0.3) is 11.3 Å². The first-order valence-corrected chi connectivity index (χ1v) is 5.30. The molecule has 1 heterocycles. The van der Waals surface area contributed by atoms with Gasteiger partial charge in [0.15, 0.2) is 5.69 Å². The molecule has 0 fully saturated rings. The van der Waals surface area contributed by atoms with Crippen molar-refractivity contribution in [1.82, 2.24) is 10.2 Å². The van der Waals surface area contributed by atoms with Gasteiger partial charge in [-0.3, -0.25) is 0 Å². The Labute approximate surface area is 103 Å².